The molecule has 1 atom stereocenters. The molecule has 2 N–H and O–H groups in total. The van der Waals surface area contributed by atoms with Crippen molar-refractivity contribution >= 4 is 5.97 Å². The number of imidazole rings is 1. The summed E-state index contributed by atoms with van der Waals surface area (Å²) in [6.07, 6.45) is 3.69. The number of nitrogens with zero attached hydrogens (tertiary/aromatic N) is 2. The fourth-order valence-electron chi connectivity index (χ4n) is 1.93. The molecule has 2 rings (SSSR count). The van der Waals surface area contributed by atoms with E-state index in [1.807, 2.05) is 34.9 Å². The summed E-state index contributed by atoms with van der Waals surface area (Å²) in [5, 5.41) is 0. The number of hydrogen-bond acceptors (Lipinski definition) is 5. The molecule has 21 heavy (non-hydrogen) atoms. The van der Waals surface area contributed by atoms with Crippen molar-refractivity contribution in [3.8, 4) is 0 Å². The third kappa shape index (κ3) is 4.40. The van der Waals surface area contributed by atoms with E-state index in [0.717, 1.165) is 11.3 Å². The van der Waals surface area contributed by atoms with Gasteiger partial charge in [0.25, 0.3) is 0 Å². The Hall–Kier alpha value is -2.18. The number of esters is 1. The largest absolute Gasteiger partial charge is 0.468 e. The van der Waals surface area contributed by atoms with Crippen molar-refractivity contribution in [2.45, 2.75) is 25.8 Å². The van der Waals surface area contributed by atoms with Crippen LogP contribution in [0.4, 0.5) is 0 Å². The van der Waals surface area contributed by atoms with Gasteiger partial charge in [-0.05, 0) is 5.56 Å². The van der Waals surface area contributed by atoms with Crippen LogP contribution in [0.15, 0.2) is 42.9 Å². The fraction of sp³-hybridized carbons (Fsp3) is 0.333. The average Bonchev–Trinajstić information content (AvgIpc) is 2.94. The van der Waals surface area contributed by atoms with Gasteiger partial charge in [-0.25, -0.2) is 4.98 Å². The van der Waals surface area contributed by atoms with E-state index in [0.29, 0.717) is 19.8 Å². The highest BCUT2D eigenvalue weighted by Crippen LogP contribution is 2.06. The fourth-order valence-corrected chi connectivity index (χ4v) is 1.93. The van der Waals surface area contributed by atoms with Gasteiger partial charge in [0, 0.05) is 18.3 Å². The zero-order valence-corrected chi connectivity index (χ0v) is 11.9. The zero-order valence-electron chi connectivity index (χ0n) is 11.9. The first-order chi connectivity index (χ1) is 10.2. The molecule has 112 valence electrons. The minimum Gasteiger partial charge on any atom is -0.468 e. The third-order valence-electron chi connectivity index (χ3n) is 3.07. The van der Waals surface area contributed by atoms with Gasteiger partial charge in [-0.1, -0.05) is 30.3 Å². The van der Waals surface area contributed by atoms with Crippen LogP contribution in [0.1, 0.15) is 11.3 Å². The highest BCUT2D eigenvalue weighted by atomic mass is 16.5. The lowest BCUT2D eigenvalue weighted by molar-refractivity contribution is -0.142. The van der Waals surface area contributed by atoms with Crippen LogP contribution >= 0.6 is 0 Å². The molecule has 1 aromatic carbocycles. The molecule has 0 radical (unpaired) electrons. The summed E-state index contributed by atoms with van der Waals surface area (Å²) in [5.41, 5.74) is 7.69. The molecule has 0 aliphatic rings. The normalized spacial score (nSPS) is 12.1. The van der Waals surface area contributed by atoms with E-state index in [-0.39, 0.29) is 0 Å². The average molecular weight is 289 g/mol. The Labute approximate surface area is 123 Å². The van der Waals surface area contributed by atoms with Crippen LogP contribution in [0, 0.1) is 0 Å². The first-order valence-corrected chi connectivity index (χ1v) is 6.65. The molecule has 6 heteroatoms. The topological polar surface area (TPSA) is 79.4 Å². The smallest absolute Gasteiger partial charge is 0.323 e. The Morgan fingerprint density at radius 2 is 2.14 bits per heavy atom. The van der Waals surface area contributed by atoms with Gasteiger partial charge in [0.05, 0.1) is 20.0 Å². The van der Waals surface area contributed by atoms with Crippen LogP contribution in [0.5, 0.6) is 0 Å². The number of rotatable bonds is 7. The minimum atomic E-state index is -0.695. The van der Waals surface area contributed by atoms with Crippen LogP contribution in [0.25, 0.3) is 0 Å². The second-order valence-electron chi connectivity index (χ2n) is 4.65. The molecule has 0 aliphatic heterocycles. The van der Waals surface area contributed by atoms with Crippen molar-refractivity contribution < 1.29 is 14.3 Å². The van der Waals surface area contributed by atoms with Gasteiger partial charge in [-0.2, -0.15) is 0 Å². The quantitative estimate of drug-likeness (QED) is 0.772. The molecule has 2 aromatic rings. The number of carbonyl (C=O) groups is 1. The Kier molecular flexibility index (Phi) is 5.48. The van der Waals surface area contributed by atoms with E-state index in [1.165, 1.54) is 7.11 Å². The van der Waals surface area contributed by atoms with Crippen molar-refractivity contribution in [3.63, 3.8) is 0 Å². The summed E-state index contributed by atoms with van der Waals surface area (Å²) in [4.78, 5) is 15.4. The van der Waals surface area contributed by atoms with Crippen molar-refractivity contribution in [3.05, 3.63) is 54.1 Å². The number of methoxy groups -OCH3 is 1. The third-order valence-corrected chi connectivity index (χ3v) is 3.07. The van der Waals surface area contributed by atoms with Gasteiger partial charge in [0.1, 0.15) is 12.8 Å². The second-order valence-corrected chi connectivity index (χ2v) is 4.65. The number of ether oxygens (including phenoxy) is 2. The molecule has 1 heterocycles. The lowest BCUT2D eigenvalue weighted by atomic mass is 10.2. The predicted molar refractivity (Wildman–Crippen MR) is 77.2 cm³/mol. The lowest BCUT2D eigenvalue weighted by Crippen LogP contribution is -2.34. The van der Waals surface area contributed by atoms with E-state index >= 15 is 0 Å². The van der Waals surface area contributed by atoms with Gasteiger partial charge >= 0.3 is 5.97 Å². The van der Waals surface area contributed by atoms with Crippen LogP contribution in [-0.4, -0.2) is 28.7 Å². The minimum absolute atomic E-state index is 0.359. The van der Waals surface area contributed by atoms with Crippen molar-refractivity contribution in [1.29, 1.82) is 0 Å². The first kappa shape index (κ1) is 15.2. The Morgan fingerprint density at radius 1 is 1.38 bits per heavy atom. The Balaban J connectivity index is 1.87. The Morgan fingerprint density at radius 3 is 2.86 bits per heavy atom. The van der Waals surface area contributed by atoms with Crippen LogP contribution in [-0.2, 0) is 34.0 Å². The molecular formula is C15H19N3O3. The summed E-state index contributed by atoms with van der Waals surface area (Å²) in [6, 6.07) is 9.21. The summed E-state index contributed by atoms with van der Waals surface area (Å²) in [6.45, 7) is 0.875. The Bertz CT molecular complexity index is 569. The maximum Gasteiger partial charge on any atom is 0.323 e. The summed E-state index contributed by atoms with van der Waals surface area (Å²) < 4.78 is 12.1. The molecule has 0 fully saturated rings. The molecule has 0 amide bonds. The maximum atomic E-state index is 11.3. The van der Waals surface area contributed by atoms with Crippen LogP contribution in [0.3, 0.4) is 0 Å². The van der Waals surface area contributed by atoms with Gasteiger partial charge in [0.2, 0.25) is 0 Å². The number of aromatic nitrogens is 2. The molecule has 0 bridgehead atoms. The molecule has 0 aliphatic carbocycles. The molecule has 0 unspecified atom stereocenters. The van der Waals surface area contributed by atoms with E-state index < -0.39 is 12.0 Å². The van der Waals surface area contributed by atoms with E-state index in [2.05, 4.69) is 9.72 Å². The number of benzene rings is 1. The number of nitrogens with two attached hydrogens (primary N) is 1. The zero-order chi connectivity index (χ0) is 15.1. The predicted octanol–water partition coefficient (Wildman–Crippen LogP) is 1.10. The molecular weight excluding hydrogens is 270 g/mol. The van der Waals surface area contributed by atoms with Gasteiger partial charge in [-0.3, -0.25) is 4.79 Å². The summed E-state index contributed by atoms with van der Waals surface area (Å²) >= 11 is 0. The standard InChI is InChI=1S/C15H19N3O3/c1-20-15(19)14(16)7-13-8-17-10-18(13)11-21-9-12-5-3-2-4-6-12/h2-6,8,10,14H,7,9,11,16H2,1H3/t14-/m0/s1. The van der Waals surface area contributed by atoms with E-state index in [9.17, 15) is 4.79 Å². The summed E-state index contributed by atoms with van der Waals surface area (Å²) in [5.74, 6) is -0.437. The highest BCUT2D eigenvalue weighted by molar-refractivity contribution is 5.75. The number of hydrogen-bond donors (Lipinski definition) is 1. The molecule has 0 saturated heterocycles. The van der Waals surface area contributed by atoms with Crippen molar-refractivity contribution in [2.75, 3.05) is 7.11 Å². The monoisotopic (exact) mass is 289 g/mol. The van der Waals surface area contributed by atoms with E-state index in [4.69, 9.17) is 10.5 Å². The molecule has 0 saturated carbocycles. The number of carbonyl (C=O) groups excluding carboxylic acids is 1. The van der Waals surface area contributed by atoms with Gasteiger partial charge in [-0.15, -0.1) is 0 Å². The van der Waals surface area contributed by atoms with Gasteiger partial charge < -0.3 is 19.8 Å². The highest BCUT2D eigenvalue weighted by Gasteiger charge is 2.16. The SMILES string of the molecule is COC(=O)[C@@H](N)Cc1cncn1COCc1ccccc1. The first-order valence-electron chi connectivity index (χ1n) is 6.65. The second kappa shape index (κ2) is 7.56. The van der Waals surface area contributed by atoms with Crippen molar-refractivity contribution in [1.82, 2.24) is 9.55 Å². The van der Waals surface area contributed by atoms with E-state index in [1.54, 1.807) is 12.5 Å². The van der Waals surface area contributed by atoms with Crippen LogP contribution in [0.2, 0.25) is 0 Å². The summed E-state index contributed by atoms with van der Waals surface area (Å²) in [7, 11) is 1.32. The van der Waals surface area contributed by atoms with Crippen LogP contribution < -0.4 is 5.73 Å². The molecule has 1 aromatic heterocycles. The van der Waals surface area contributed by atoms with Gasteiger partial charge in [0.15, 0.2) is 0 Å². The molecule has 0 spiro atoms. The lowest BCUT2D eigenvalue weighted by Gasteiger charge is -2.12. The maximum absolute atomic E-state index is 11.3. The van der Waals surface area contributed by atoms with Crippen molar-refractivity contribution in [2.24, 2.45) is 5.73 Å². The molecule has 6 nitrogen and oxygen atoms in total.